The summed E-state index contributed by atoms with van der Waals surface area (Å²) < 4.78 is 6.38. The second kappa shape index (κ2) is 8.47. The molecule has 144 valence electrons. The fourth-order valence-corrected chi connectivity index (χ4v) is 2.96. The van der Waals surface area contributed by atoms with E-state index >= 15 is 0 Å². The van der Waals surface area contributed by atoms with Crippen molar-refractivity contribution in [3.63, 3.8) is 0 Å². The number of hydrogen-bond donors (Lipinski definition) is 1. The quantitative estimate of drug-likeness (QED) is 0.665. The lowest BCUT2D eigenvalue weighted by molar-refractivity contribution is -0.116. The zero-order valence-corrected chi connectivity index (χ0v) is 15.8. The van der Waals surface area contributed by atoms with Crippen molar-refractivity contribution in [2.45, 2.75) is 26.8 Å². The van der Waals surface area contributed by atoms with Gasteiger partial charge < -0.3 is 10.1 Å². The number of rotatable bonds is 6. The van der Waals surface area contributed by atoms with Gasteiger partial charge in [-0.25, -0.2) is 9.78 Å². The molecule has 3 aromatic rings. The molecule has 0 aliphatic carbocycles. The Labute approximate surface area is 162 Å². The summed E-state index contributed by atoms with van der Waals surface area (Å²) in [5.41, 5.74) is 0.938. The Hall–Kier alpha value is -3.48. The van der Waals surface area contributed by atoms with E-state index in [1.54, 1.807) is 49.4 Å². The molecule has 7 heteroatoms. The van der Waals surface area contributed by atoms with Gasteiger partial charge in [-0.1, -0.05) is 31.2 Å². The zero-order valence-electron chi connectivity index (χ0n) is 15.8. The maximum absolute atomic E-state index is 12.8. The van der Waals surface area contributed by atoms with Crippen LogP contribution in [0.2, 0.25) is 0 Å². The molecule has 3 rings (SSSR count). The minimum Gasteiger partial charge on any atom is -0.462 e. The number of aromatic nitrogens is 2. The molecule has 0 aliphatic rings. The van der Waals surface area contributed by atoms with E-state index in [1.165, 1.54) is 4.57 Å². The van der Waals surface area contributed by atoms with Crippen molar-refractivity contribution in [3.8, 4) is 0 Å². The van der Waals surface area contributed by atoms with Gasteiger partial charge in [0.25, 0.3) is 5.56 Å². The summed E-state index contributed by atoms with van der Waals surface area (Å²) in [4.78, 5) is 42.0. The Bertz CT molecular complexity index is 1090. The van der Waals surface area contributed by atoms with Crippen molar-refractivity contribution >= 4 is 28.5 Å². The van der Waals surface area contributed by atoms with E-state index in [0.29, 0.717) is 28.8 Å². The minimum absolute atomic E-state index is 0.197. The summed E-state index contributed by atoms with van der Waals surface area (Å²) in [6.45, 7) is 3.63. The van der Waals surface area contributed by atoms with Gasteiger partial charge in [-0.3, -0.25) is 14.2 Å². The highest BCUT2D eigenvalue weighted by atomic mass is 16.5. The maximum atomic E-state index is 12.8. The molecule has 0 bridgehead atoms. The molecule has 28 heavy (non-hydrogen) atoms. The lowest BCUT2D eigenvalue weighted by Gasteiger charge is -2.14. The van der Waals surface area contributed by atoms with Gasteiger partial charge in [-0.2, -0.15) is 0 Å². The minimum atomic E-state index is -0.516. The number of amides is 1. The number of hydrogen-bond acceptors (Lipinski definition) is 5. The Kier molecular flexibility index (Phi) is 5.84. The normalized spacial score (nSPS) is 10.6. The summed E-state index contributed by atoms with van der Waals surface area (Å²) in [5, 5.41) is 3.16. The highest BCUT2D eigenvalue weighted by molar-refractivity contribution is 6.01. The third kappa shape index (κ3) is 3.93. The average Bonchev–Trinajstić information content (AvgIpc) is 2.70. The molecule has 7 nitrogen and oxygen atoms in total. The number of fused-ring (bicyclic) bond motifs is 1. The fourth-order valence-electron chi connectivity index (χ4n) is 2.96. The van der Waals surface area contributed by atoms with Gasteiger partial charge in [0.15, 0.2) is 0 Å². The van der Waals surface area contributed by atoms with Crippen molar-refractivity contribution < 1.29 is 14.3 Å². The summed E-state index contributed by atoms with van der Waals surface area (Å²) >= 11 is 0. The van der Waals surface area contributed by atoms with Crippen LogP contribution < -0.4 is 10.9 Å². The summed E-state index contributed by atoms with van der Waals surface area (Å²) in [7, 11) is 0. The van der Waals surface area contributed by atoms with E-state index in [-0.39, 0.29) is 24.3 Å². The molecule has 1 amide bonds. The predicted octanol–water partition coefficient (Wildman–Crippen LogP) is 2.77. The molecule has 0 radical (unpaired) electrons. The van der Waals surface area contributed by atoms with Crippen LogP contribution in [0.3, 0.4) is 0 Å². The number of aryl methyl sites for hydroxylation is 1. The first kappa shape index (κ1) is 19.3. The van der Waals surface area contributed by atoms with Gasteiger partial charge in [0.2, 0.25) is 5.91 Å². The number of nitrogens with one attached hydrogen (secondary N) is 1. The summed E-state index contributed by atoms with van der Waals surface area (Å²) in [6, 6.07) is 13.6. The predicted molar refractivity (Wildman–Crippen MR) is 106 cm³/mol. The Balaban J connectivity index is 1.90. The van der Waals surface area contributed by atoms with Crippen LogP contribution >= 0.6 is 0 Å². The molecule has 1 N–H and O–H groups in total. The number of carbonyl (C=O) groups is 2. The smallest absolute Gasteiger partial charge is 0.340 e. The third-order valence-corrected chi connectivity index (χ3v) is 4.26. The summed E-state index contributed by atoms with van der Waals surface area (Å²) in [5.74, 6) is -0.416. The van der Waals surface area contributed by atoms with Crippen LogP contribution in [0, 0.1) is 0 Å². The molecule has 0 aliphatic heterocycles. The van der Waals surface area contributed by atoms with E-state index in [0.717, 1.165) is 0 Å². The molecule has 0 atom stereocenters. The molecular weight excluding hydrogens is 358 g/mol. The summed E-state index contributed by atoms with van der Waals surface area (Å²) in [6.07, 6.45) is 0.507. The highest BCUT2D eigenvalue weighted by Gasteiger charge is 2.16. The standard InChI is InChI=1S/C21H21N3O4/c1-3-18-22-16-11-7-5-9-14(16)20(26)24(18)13-19(25)23-17-12-8-6-10-15(17)21(27)28-4-2/h5-12H,3-4,13H2,1-2H3,(H,23,25). The maximum Gasteiger partial charge on any atom is 0.340 e. The van der Waals surface area contributed by atoms with Crippen LogP contribution in [0.5, 0.6) is 0 Å². The number of ether oxygens (including phenoxy) is 1. The van der Waals surface area contributed by atoms with Crippen LogP contribution in [-0.2, 0) is 22.5 Å². The number of carbonyl (C=O) groups excluding carboxylic acids is 2. The van der Waals surface area contributed by atoms with Crippen LogP contribution in [0.4, 0.5) is 5.69 Å². The van der Waals surface area contributed by atoms with Gasteiger partial charge in [-0.15, -0.1) is 0 Å². The largest absolute Gasteiger partial charge is 0.462 e. The van der Waals surface area contributed by atoms with E-state index < -0.39 is 11.9 Å². The average molecular weight is 379 g/mol. The van der Waals surface area contributed by atoms with Crippen LogP contribution in [0.15, 0.2) is 53.3 Å². The topological polar surface area (TPSA) is 90.3 Å². The number of esters is 1. The highest BCUT2D eigenvalue weighted by Crippen LogP contribution is 2.16. The molecule has 0 saturated heterocycles. The SMILES string of the molecule is CCOC(=O)c1ccccc1NC(=O)Cn1c(CC)nc2ccccc2c1=O. The van der Waals surface area contributed by atoms with Crippen LogP contribution in [0.25, 0.3) is 10.9 Å². The molecule has 0 fully saturated rings. The van der Waals surface area contributed by atoms with E-state index in [9.17, 15) is 14.4 Å². The van der Waals surface area contributed by atoms with Crippen molar-refractivity contribution in [1.82, 2.24) is 9.55 Å². The van der Waals surface area contributed by atoms with Gasteiger partial charge in [0.1, 0.15) is 12.4 Å². The molecular formula is C21H21N3O4. The third-order valence-electron chi connectivity index (χ3n) is 4.26. The molecule has 0 saturated carbocycles. The van der Waals surface area contributed by atoms with Crippen molar-refractivity contribution in [1.29, 1.82) is 0 Å². The zero-order chi connectivity index (χ0) is 20.1. The second-order valence-corrected chi connectivity index (χ2v) is 6.10. The molecule has 0 unspecified atom stereocenters. The van der Waals surface area contributed by atoms with Crippen molar-refractivity contribution in [3.05, 3.63) is 70.3 Å². The lowest BCUT2D eigenvalue weighted by atomic mass is 10.2. The van der Waals surface area contributed by atoms with Gasteiger partial charge >= 0.3 is 5.97 Å². The van der Waals surface area contributed by atoms with Crippen LogP contribution in [-0.4, -0.2) is 28.0 Å². The van der Waals surface area contributed by atoms with E-state index in [2.05, 4.69) is 10.3 Å². The molecule has 2 aromatic carbocycles. The molecule has 0 spiro atoms. The fraction of sp³-hybridized carbons (Fsp3) is 0.238. The van der Waals surface area contributed by atoms with E-state index in [1.807, 2.05) is 13.0 Å². The van der Waals surface area contributed by atoms with Gasteiger partial charge in [-0.05, 0) is 31.2 Å². The van der Waals surface area contributed by atoms with E-state index in [4.69, 9.17) is 4.74 Å². The van der Waals surface area contributed by atoms with Crippen LogP contribution in [0.1, 0.15) is 30.0 Å². The first-order valence-electron chi connectivity index (χ1n) is 9.09. The Morgan fingerprint density at radius 3 is 2.54 bits per heavy atom. The van der Waals surface area contributed by atoms with Crippen molar-refractivity contribution in [2.24, 2.45) is 0 Å². The second-order valence-electron chi connectivity index (χ2n) is 6.10. The lowest BCUT2D eigenvalue weighted by Crippen LogP contribution is -2.31. The molecule has 1 aromatic heterocycles. The number of para-hydroxylation sites is 2. The number of benzene rings is 2. The Morgan fingerprint density at radius 2 is 1.79 bits per heavy atom. The number of nitrogens with zero attached hydrogens (tertiary/aromatic N) is 2. The number of anilines is 1. The van der Waals surface area contributed by atoms with Gasteiger partial charge in [0, 0.05) is 6.42 Å². The first-order valence-corrected chi connectivity index (χ1v) is 9.09. The molecule has 1 heterocycles. The van der Waals surface area contributed by atoms with Crippen molar-refractivity contribution in [2.75, 3.05) is 11.9 Å². The Morgan fingerprint density at radius 1 is 1.07 bits per heavy atom. The monoisotopic (exact) mass is 379 g/mol. The van der Waals surface area contributed by atoms with Gasteiger partial charge in [0.05, 0.1) is 28.8 Å². The first-order chi connectivity index (χ1) is 13.5.